The number of rotatable bonds is 3. The lowest BCUT2D eigenvalue weighted by Gasteiger charge is -2.49. The predicted molar refractivity (Wildman–Crippen MR) is 77.9 cm³/mol. The zero-order valence-electron chi connectivity index (χ0n) is 13.2. The molecule has 2 aliphatic heterocycles. The Bertz CT molecular complexity index is 503. The minimum Gasteiger partial charge on any atom is -0.384 e. The molecule has 3 aliphatic rings. The standard InChI is InChI=1S/C15H23N3O4/c1-16-9-12(19)18-7-6-17(8-11(18)13(16)20)14(21)15(10-22-2)4-3-5-15/h11H,3-10H2,1-2H3/t11-/m0/s1. The van der Waals surface area contributed by atoms with Crippen LogP contribution < -0.4 is 0 Å². The van der Waals surface area contributed by atoms with Crippen molar-refractivity contribution < 1.29 is 19.1 Å². The molecule has 0 N–H and O–H groups in total. The third-order valence-corrected chi connectivity index (χ3v) is 5.21. The van der Waals surface area contributed by atoms with Crippen LogP contribution in [0, 0.1) is 5.41 Å². The van der Waals surface area contributed by atoms with E-state index in [0.29, 0.717) is 26.2 Å². The van der Waals surface area contributed by atoms with E-state index < -0.39 is 11.5 Å². The second-order valence-corrected chi connectivity index (χ2v) is 6.62. The molecule has 7 nitrogen and oxygen atoms in total. The van der Waals surface area contributed by atoms with Gasteiger partial charge >= 0.3 is 0 Å². The summed E-state index contributed by atoms with van der Waals surface area (Å²) in [5, 5.41) is 0. The van der Waals surface area contributed by atoms with Gasteiger partial charge in [0.2, 0.25) is 17.7 Å². The Balaban J connectivity index is 1.74. The molecule has 2 saturated heterocycles. The Morgan fingerprint density at radius 1 is 1.32 bits per heavy atom. The van der Waals surface area contributed by atoms with E-state index in [1.165, 1.54) is 4.90 Å². The Morgan fingerprint density at radius 2 is 2.05 bits per heavy atom. The number of carbonyl (C=O) groups is 3. The number of piperazine rings is 2. The molecule has 22 heavy (non-hydrogen) atoms. The van der Waals surface area contributed by atoms with Gasteiger partial charge in [0.15, 0.2) is 0 Å². The summed E-state index contributed by atoms with van der Waals surface area (Å²) < 4.78 is 5.24. The van der Waals surface area contributed by atoms with Crippen LogP contribution in [-0.2, 0) is 19.1 Å². The topological polar surface area (TPSA) is 70.2 Å². The van der Waals surface area contributed by atoms with Gasteiger partial charge in [-0.05, 0) is 12.8 Å². The van der Waals surface area contributed by atoms with Gasteiger partial charge in [-0.1, -0.05) is 6.42 Å². The summed E-state index contributed by atoms with van der Waals surface area (Å²) in [6.45, 7) is 1.82. The van der Waals surface area contributed by atoms with E-state index in [1.807, 2.05) is 0 Å². The maximum atomic E-state index is 12.9. The summed E-state index contributed by atoms with van der Waals surface area (Å²) in [7, 11) is 3.25. The normalized spacial score (nSPS) is 27.5. The Hall–Kier alpha value is -1.63. The summed E-state index contributed by atoms with van der Waals surface area (Å²) in [4.78, 5) is 42.0. The number of hydrogen-bond donors (Lipinski definition) is 0. The molecule has 0 aromatic heterocycles. The fraction of sp³-hybridized carbons (Fsp3) is 0.800. The molecule has 2 heterocycles. The fourth-order valence-electron chi connectivity index (χ4n) is 3.74. The van der Waals surface area contributed by atoms with E-state index in [-0.39, 0.29) is 24.3 Å². The molecule has 0 bridgehead atoms. The van der Waals surface area contributed by atoms with Crippen LogP contribution in [0.1, 0.15) is 19.3 Å². The summed E-state index contributed by atoms with van der Waals surface area (Å²) in [5.74, 6) is -0.0327. The van der Waals surface area contributed by atoms with Crippen molar-refractivity contribution in [1.29, 1.82) is 0 Å². The first-order valence-corrected chi connectivity index (χ1v) is 7.81. The van der Waals surface area contributed by atoms with Crippen LogP contribution in [0.5, 0.6) is 0 Å². The van der Waals surface area contributed by atoms with Gasteiger partial charge in [0.05, 0.1) is 25.1 Å². The minimum absolute atomic E-state index is 0.0329. The number of carbonyl (C=O) groups excluding carboxylic acids is 3. The molecule has 3 rings (SSSR count). The molecular formula is C15H23N3O4. The van der Waals surface area contributed by atoms with Gasteiger partial charge in [-0.2, -0.15) is 0 Å². The molecule has 0 radical (unpaired) electrons. The van der Waals surface area contributed by atoms with Gasteiger partial charge in [-0.3, -0.25) is 14.4 Å². The number of methoxy groups -OCH3 is 1. The summed E-state index contributed by atoms with van der Waals surface area (Å²) in [5.41, 5.74) is -0.412. The fourth-order valence-corrected chi connectivity index (χ4v) is 3.74. The van der Waals surface area contributed by atoms with Gasteiger partial charge in [0, 0.05) is 27.2 Å². The number of hydrogen-bond acceptors (Lipinski definition) is 4. The lowest BCUT2D eigenvalue weighted by Crippen LogP contribution is -2.68. The van der Waals surface area contributed by atoms with Crippen LogP contribution in [-0.4, -0.2) is 85.4 Å². The third-order valence-electron chi connectivity index (χ3n) is 5.21. The number of ether oxygens (including phenoxy) is 1. The number of nitrogens with zero attached hydrogens (tertiary/aromatic N) is 3. The van der Waals surface area contributed by atoms with Crippen LogP contribution in [0.2, 0.25) is 0 Å². The molecule has 0 aromatic rings. The number of fused-ring (bicyclic) bond motifs is 1. The first-order chi connectivity index (χ1) is 10.5. The second kappa shape index (κ2) is 5.53. The van der Waals surface area contributed by atoms with E-state index >= 15 is 0 Å². The zero-order valence-corrected chi connectivity index (χ0v) is 13.2. The molecule has 3 amide bonds. The first-order valence-electron chi connectivity index (χ1n) is 7.81. The molecular weight excluding hydrogens is 286 g/mol. The van der Waals surface area contributed by atoms with E-state index in [2.05, 4.69) is 0 Å². The highest BCUT2D eigenvalue weighted by molar-refractivity contribution is 5.96. The van der Waals surface area contributed by atoms with Gasteiger partial charge in [0.25, 0.3) is 0 Å². The average molecular weight is 309 g/mol. The lowest BCUT2D eigenvalue weighted by atomic mass is 9.68. The third kappa shape index (κ3) is 2.27. The quantitative estimate of drug-likeness (QED) is 0.692. The lowest BCUT2D eigenvalue weighted by molar-refractivity contribution is -0.165. The summed E-state index contributed by atoms with van der Waals surface area (Å²) >= 11 is 0. The van der Waals surface area contributed by atoms with Gasteiger partial charge in [-0.25, -0.2) is 0 Å². The van der Waals surface area contributed by atoms with Crippen molar-refractivity contribution in [2.24, 2.45) is 5.41 Å². The van der Waals surface area contributed by atoms with Crippen molar-refractivity contribution in [1.82, 2.24) is 14.7 Å². The van der Waals surface area contributed by atoms with Crippen molar-refractivity contribution in [3.63, 3.8) is 0 Å². The van der Waals surface area contributed by atoms with Crippen molar-refractivity contribution in [3.8, 4) is 0 Å². The minimum atomic E-state index is -0.524. The molecule has 1 saturated carbocycles. The molecule has 7 heteroatoms. The molecule has 1 atom stereocenters. The highest BCUT2D eigenvalue weighted by Crippen LogP contribution is 2.43. The van der Waals surface area contributed by atoms with Crippen molar-refractivity contribution in [2.45, 2.75) is 25.3 Å². The van der Waals surface area contributed by atoms with Crippen molar-refractivity contribution in [3.05, 3.63) is 0 Å². The van der Waals surface area contributed by atoms with Crippen LogP contribution in [0.15, 0.2) is 0 Å². The van der Waals surface area contributed by atoms with Gasteiger partial charge in [-0.15, -0.1) is 0 Å². The van der Waals surface area contributed by atoms with E-state index in [4.69, 9.17) is 4.74 Å². The van der Waals surface area contributed by atoms with Crippen LogP contribution >= 0.6 is 0 Å². The van der Waals surface area contributed by atoms with Crippen LogP contribution in [0.3, 0.4) is 0 Å². The molecule has 0 unspecified atom stereocenters. The average Bonchev–Trinajstić information content (AvgIpc) is 2.47. The van der Waals surface area contributed by atoms with Crippen LogP contribution in [0.4, 0.5) is 0 Å². The Morgan fingerprint density at radius 3 is 2.64 bits per heavy atom. The van der Waals surface area contributed by atoms with Gasteiger partial charge in [0.1, 0.15) is 6.04 Å². The van der Waals surface area contributed by atoms with Crippen LogP contribution in [0.25, 0.3) is 0 Å². The maximum Gasteiger partial charge on any atom is 0.247 e. The molecule has 122 valence electrons. The smallest absolute Gasteiger partial charge is 0.247 e. The Labute approximate surface area is 130 Å². The monoisotopic (exact) mass is 309 g/mol. The zero-order chi connectivity index (χ0) is 15.9. The summed E-state index contributed by atoms with van der Waals surface area (Å²) in [6.07, 6.45) is 2.73. The molecule has 0 spiro atoms. The molecule has 1 aliphatic carbocycles. The van der Waals surface area contributed by atoms with Crippen molar-refractivity contribution >= 4 is 17.7 Å². The summed E-state index contributed by atoms with van der Waals surface area (Å²) in [6, 6.07) is -0.524. The van der Waals surface area contributed by atoms with E-state index in [9.17, 15) is 14.4 Å². The Kier molecular flexibility index (Phi) is 3.84. The number of amides is 3. The van der Waals surface area contributed by atoms with E-state index in [0.717, 1.165) is 19.3 Å². The van der Waals surface area contributed by atoms with Crippen molar-refractivity contribution in [2.75, 3.05) is 46.9 Å². The van der Waals surface area contributed by atoms with Gasteiger partial charge < -0.3 is 19.4 Å². The largest absolute Gasteiger partial charge is 0.384 e. The predicted octanol–water partition coefficient (Wildman–Crippen LogP) is -0.685. The highest BCUT2D eigenvalue weighted by Gasteiger charge is 2.49. The number of likely N-dealkylation sites (N-methyl/N-ethyl adjacent to an activating group) is 1. The molecule has 3 fully saturated rings. The maximum absolute atomic E-state index is 12.9. The highest BCUT2D eigenvalue weighted by atomic mass is 16.5. The van der Waals surface area contributed by atoms with E-state index in [1.54, 1.807) is 24.0 Å². The molecule has 0 aromatic carbocycles. The SMILES string of the molecule is COCC1(C(=O)N2CCN3C(=O)CN(C)C(=O)[C@@H]3C2)CCC1. The first kappa shape index (κ1) is 15.3. The second-order valence-electron chi connectivity index (χ2n) is 6.62.